The van der Waals surface area contributed by atoms with E-state index in [0.29, 0.717) is 11.9 Å². The van der Waals surface area contributed by atoms with Gasteiger partial charge in [0.25, 0.3) is 0 Å². The van der Waals surface area contributed by atoms with Crippen LogP contribution in [-0.2, 0) is 4.79 Å². The highest BCUT2D eigenvalue weighted by molar-refractivity contribution is 5.78. The van der Waals surface area contributed by atoms with E-state index in [1.165, 1.54) is 0 Å². The van der Waals surface area contributed by atoms with Gasteiger partial charge < -0.3 is 10.2 Å². The Morgan fingerprint density at radius 2 is 2.36 bits per heavy atom. The van der Waals surface area contributed by atoms with E-state index in [4.69, 9.17) is 0 Å². The largest absolute Gasteiger partial charge is 0.340 e. The van der Waals surface area contributed by atoms with Gasteiger partial charge in [-0.15, -0.1) is 0 Å². The first kappa shape index (κ1) is 11.5. The first-order valence-corrected chi connectivity index (χ1v) is 5.67. The van der Waals surface area contributed by atoms with Crippen LogP contribution in [0.3, 0.4) is 0 Å². The molecule has 0 aliphatic carbocycles. The molecule has 0 aromatic heterocycles. The van der Waals surface area contributed by atoms with Gasteiger partial charge in [-0.1, -0.05) is 20.3 Å². The Bertz CT molecular complexity index is 194. The zero-order valence-corrected chi connectivity index (χ0v) is 9.55. The molecular formula is C11H22N2O. The van der Waals surface area contributed by atoms with Crippen LogP contribution in [-0.4, -0.2) is 36.5 Å². The van der Waals surface area contributed by atoms with Crippen molar-refractivity contribution >= 4 is 5.91 Å². The molecule has 1 rings (SSSR count). The van der Waals surface area contributed by atoms with Crippen LogP contribution in [0, 0.1) is 5.92 Å². The lowest BCUT2D eigenvalue weighted by molar-refractivity contribution is -0.136. The number of nitrogens with zero attached hydrogens (tertiary/aromatic N) is 1. The fraction of sp³-hybridized carbons (Fsp3) is 0.909. The van der Waals surface area contributed by atoms with Gasteiger partial charge in [0.2, 0.25) is 5.91 Å². The van der Waals surface area contributed by atoms with Crippen LogP contribution in [0.5, 0.6) is 0 Å². The van der Waals surface area contributed by atoms with Gasteiger partial charge in [0, 0.05) is 31.6 Å². The molecule has 1 heterocycles. The standard InChI is InChI=1S/C11H22N2O/c1-4-5-9(2)11(14)13-7-6-12-10(3)8-13/h9-10,12H,4-8H2,1-3H3/t9?,10-/m0/s1. The topological polar surface area (TPSA) is 32.3 Å². The van der Waals surface area contributed by atoms with Gasteiger partial charge in [0.05, 0.1) is 0 Å². The molecule has 1 aliphatic heterocycles. The summed E-state index contributed by atoms with van der Waals surface area (Å²) in [6, 6.07) is 0.446. The summed E-state index contributed by atoms with van der Waals surface area (Å²) >= 11 is 0. The molecule has 3 heteroatoms. The molecule has 0 radical (unpaired) electrons. The molecule has 0 spiro atoms. The highest BCUT2D eigenvalue weighted by Crippen LogP contribution is 2.11. The van der Waals surface area contributed by atoms with Gasteiger partial charge in [0.15, 0.2) is 0 Å². The molecule has 1 aliphatic rings. The van der Waals surface area contributed by atoms with Crippen molar-refractivity contribution in [2.24, 2.45) is 5.92 Å². The van der Waals surface area contributed by atoms with E-state index in [-0.39, 0.29) is 5.92 Å². The molecule has 1 amide bonds. The van der Waals surface area contributed by atoms with Crippen molar-refractivity contribution in [1.82, 2.24) is 10.2 Å². The van der Waals surface area contributed by atoms with Gasteiger partial charge >= 0.3 is 0 Å². The quantitative estimate of drug-likeness (QED) is 0.740. The van der Waals surface area contributed by atoms with E-state index in [9.17, 15) is 4.79 Å². The number of carbonyl (C=O) groups excluding carboxylic acids is 1. The summed E-state index contributed by atoms with van der Waals surface area (Å²) in [5.41, 5.74) is 0. The summed E-state index contributed by atoms with van der Waals surface area (Å²) in [6.07, 6.45) is 2.10. The zero-order chi connectivity index (χ0) is 10.6. The smallest absolute Gasteiger partial charge is 0.225 e. The first-order valence-electron chi connectivity index (χ1n) is 5.67. The second-order valence-electron chi connectivity index (χ2n) is 4.33. The van der Waals surface area contributed by atoms with Crippen molar-refractivity contribution in [3.8, 4) is 0 Å². The highest BCUT2D eigenvalue weighted by Gasteiger charge is 2.23. The molecule has 0 bridgehead atoms. The molecule has 82 valence electrons. The van der Waals surface area contributed by atoms with Crippen molar-refractivity contribution in [2.75, 3.05) is 19.6 Å². The van der Waals surface area contributed by atoms with Crippen LogP contribution >= 0.6 is 0 Å². The summed E-state index contributed by atoms with van der Waals surface area (Å²) in [6.45, 7) is 8.97. The Hall–Kier alpha value is -0.570. The van der Waals surface area contributed by atoms with Crippen molar-refractivity contribution < 1.29 is 4.79 Å². The lowest BCUT2D eigenvalue weighted by Gasteiger charge is -2.33. The van der Waals surface area contributed by atoms with Crippen LogP contribution in [0.15, 0.2) is 0 Å². The van der Waals surface area contributed by atoms with E-state index >= 15 is 0 Å². The fourth-order valence-corrected chi connectivity index (χ4v) is 2.00. The molecule has 1 fully saturated rings. The number of amides is 1. The summed E-state index contributed by atoms with van der Waals surface area (Å²) in [5, 5.41) is 3.34. The average Bonchev–Trinajstić information content (AvgIpc) is 2.17. The third kappa shape index (κ3) is 2.98. The summed E-state index contributed by atoms with van der Waals surface area (Å²) in [4.78, 5) is 13.9. The minimum absolute atomic E-state index is 0.199. The Balaban J connectivity index is 2.42. The Morgan fingerprint density at radius 3 is 2.93 bits per heavy atom. The maximum Gasteiger partial charge on any atom is 0.225 e. The molecule has 1 N–H and O–H groups in total. The van der Waals surface area contributed by atoms with E-state index in [1.807, 2.05) is 11.8 Å². The second kappa shape index (κ2) is 5.35. The highest BCUT2D eigenvalue weighted by atomic mass is 16.2. The third-order valence-electron chi connectivity index (χ3n) is 2.82. The van der Waals surface area contributed by atoms with E-state index in [2.05, 4.69) is 19.2 Å². The Morgan fingerprint density at radius 1 is 1.64 bits per heavy atom. The molecule has 1 unspecified atom stereocenters. The predicted octanol–water partition coefficient (Wildman–Crippen LogP) is 1.24. The number of rotatable bonds is 3. The van der Waals surface area contributed by atoms with Gasteiger partial charge in [-0.3, -0.25) is 4.79 Å². The number of nitrogens with one attached hydrogen (secondary N) is 1. The van der Waals surface area contributed by atoms with Gasteiger partial charge in [0.1, 0.15) is 0 Å². The van der Waals surface area contributed by atoms with Crippen molar-refractivity contribution in [3.05, 3.63) is 0 Å². The number of hydrogen-bond acceptors (Lipinski definition) is 2. The van der Waals surface area contributed by atoms with E-state index < -0.39 is 0 Å². The molecular weight excluding hydrogens is 176 g/mol. The number of piperazine rings is 1. The molecule has 1 saturated heterocycles. The molecule has 0 saturated carbocycles. The van der Waals surface area contributed by atoms with Gasteiger partial charge in [-0.25, -0.2) is 0 Å². The first-order chi connectivity index (χ1) is 6.65. The maximum absolute atomic E-state index is 11.9. The van der Waals surface area contributed by atoms with Crippen LogP contribution < -0.4 is 5.32 Å². The fourth-order valence-electron chi connectivity index (χ4n) is 2.00. The summed E-state index contributed by atoms with van der Waals surface area (Å²) in [7, 11) is 0. The average molecular weight is 198 g/mol. The van der Waals surface area contributed by atoms with Crippen LogP contribution in [0.2, 0.25) is 0 Å². The predicted molar refractivity (Wildman–Crippen MR) is 58.1 cm³/mol. The molecule has 3 nitrogen and oxygen atoms in total. The Labute approximate surface area is 86.9 Å². The second-order valence-corrected chi connectivity index (χ2v) is 4.33. The minimum atomic E-state index is 0.199. The molecule has 14 heavy (non-hydrogen) atoms. The maximum atomic E-state index is 11.9. The number of carbonyl (C=O) groups is 1. The zero-order valence-electron chi connectivity index (χ0n) is 9.55. The van der Waals surface area contributed by atoms with Crippen LogP contribution in [0.25, 0.3) is 0 Å². The summed E-state index contributed by atoms with van der Waals surface area (Å²) < 4.78 is 0. The molecule has 2 atom stereocenters. The minimum Gasteiger partial charge on any atom is -0.340 e. The van der Waals surface area contributed by atoms with Crippen LogP contribution in [0.1, 0.15) is 33.6 Å². The SMILES string of the molecule is CCCC(C)C(=O)N1CCN[C@@H](C)C1. The monoisotopic (exact) mass is 198 g/mol. The van der Waals surface area contributed by atoms with Crippen molar-refractivity contribution in [2.45, 2.75) is 39.7 Å². The van der Waals surface area contributed by atoms with Crippen molar-refractivity contribution in [3.63, 3.8) is 0 Å². The van der Waals surface area contributed by atoms with E-state index in [0.717, 1.165) is 32.5 Å². The van der Waals surface area contributed by atoms with Gasteiger partial charge in [-0.2, -0.15) is 0 Å². The van der Waals surface area contributed by atoms with Gasteiger partial charge in [-0.05, 0) is 13.3 Å². The summed E-state index contributed by atoms with van der Waals surface area (Å²) in [5.74, 6) is 0.533. The van der Waals surface area contributed by atoms with E-state index in [1.54, 1.807) is 0 Å². The van der Waals surface area contributed by atoms with Crippen molar-refractivity contribution in [1.29, 1.82) is 0 Å². The lowest BCUT2D eigenvalue weighted by Crippen LogP contribution is -2.52. The molecule has 0 aromatic carbocycles. The van der Waals surface area contributed by atoms with Crippen LogP contribution in [0.4, 0.5) is 0 Å². The Kier molecular flexibility index (Phi) is 4.39. The normalized spacial score (nSPS) is 24.8. The number of hydrogen-bond donors (Lipinski definition) is 1. The third-order valence-corrected chi connectivity index (χ3v) is 2.82. The molecule has 0 aromatic rings. The lowest BCUT2D eigenvalue weighted by atomic mass is 10.0.